The standard InChI is InChI=1S/C16H14N4O7/c21-14-11-3-1-2-4-12(11)15(22)13(14)17-18-16(23)8-5-9(19(24)25)7-10(6-8)20(26)27/h5-7,11-12,21H,1-4H2. The van der Waals surface area contributed by atoms with Crippen LogP contribution in [-0.2, 0) is 4.79 Å². The first kappa shape index (κ1) is 18.3. The van der Waals surface area contributed by atoms with Gasteiger partial charge in [0, 0.05) is 24.0 Å². The van der Waals surface area contributed by atoms with E-state index in [9.17, 15) is 34.9 Å². The average molecular weight is 374 g/mol. The molecular formula is C16H14N4O7. The topological polar surface area (TPSA) is 165 Å². The van der Waals surface area contributed by atoms with Gasteiger partial charge in [0.1, 0.15) is 5.76 Å². The molecule has 0 heterocycles. The Balaban J connectivity index is 1.89. The number of ketones is 1. The summed E-state index contributed by atoms with van der Waals surface area (Å²) in [6.07, 6.45) is 3.00. The maximum absolute atomic E-state index is 12.3. The quantitative estimate of drug-likeness (QED) is 0.479. The maximum Gasteiger partial charge on any atom is 0.295 e. The van der Waals surface area contributed by atoms with E-state index in [2.05, 4.69) is 10.2 Å². The van der Waals surface area contributed by atoms with Gasteiger partial charge in [0.25, 0.3) is 17.3 Å². The molecule has 2 atom stereocenters. The molecule has 27 heavy (non-hydrogen) atoms. The third-order valence-corrected chi connectivity index (χ3v) is 4.74. The molecule has 1 saturated carbocycles. The summed E-state index contributed by atoms with van der Waals surface area (Å²) in [6, 6.07) is 2.38. The van der Waals surface area contributed by atoms with E-state index in [-0.39, 0.29) is 23.3 Å². The van der Waals surface area contributed by atoms with Crippen LogP contribution < -0.4 is 0 Å². The van der Waals surface area contributed by atoms with Gasteiger partial charge in [-0.1, -0.05) is 12.8 Å². The molecule has 11 heteroatoms. The van der Waals surface area contributed by atoms with Crippen molar-refractivity contribution in [2.45, 2.75) is 25.7 Å². The molecule has 3 rings (SSSR count). The monoisotopic (exact) mass is 374 g/mol. The van der Waals surface area contributed by atoms with Gasteiger partial charge in [-0.3, -0.25) is 29.8 Å². The van der Waals surface area contributed by atoms with E-state index < -0.39 is 38.5 Å². The molecule has 0 bridgehead atoms. The van der Waals surface area contributed by atoms with E-state index in [1.165, 1.54) is 0 Å². The van der Waals surface area contributed by atoms with Crippen molar-refractivity contribution in [3.05, 3.63) is 55.4 Å². The summed E-state index contributed by atoms with van der Waals surface area (Å²) in [6.45, 7) is 0. The molecule has 1 aromatic rings. The molecule has 1 aromatic carbocycles. The SMILES string of the molecule is O=C(N=NC1=C(O)C2CCCCC2C1=O)c1cc([N+](=O)[O-])cc([N+](=O)[O-])c1. The number of fused-ring (bicyclic) bond motifs is 1. The molecule has 2 aliphatic carbocycles. The summed E-state index contributed by atoms with van der Waals surface area (Å²) in [5, 5.41) is 38.8. The van der Waals surface area contributed by atoms with Gasteiger partial charge in [-0.15, -0.1) is 10.2 Å². The highest BCUT2D eigenvalue weighted by Gasteiger charge is 2.43. The lowest BCUT2D eigenvalue weighted by Crippen LogP contribution is -2.21. The molecule has 0 radical (unpaired) electrons. The van der Waals surface area contributed by atoms with Gasteiger partial charge in [0.05, 0.1) is 21.5 Å². The highest BCUT2D eigenvalue weighted by Crippen LogP contribution is 2.43. The van der Waals surface area contributed by atoms with Crippen molar-refractivity contribution in [2.24, 2.45) is 22.1 Å². The van der Waals surface area contributed by atoms with E-state index in [0.29, 0.717) is 18.9 Å². The van der Waals surface area contributed by atoms with Crippen LogP contribution in [0.1, 0.15) is 36.0 Å². The van der Waals surface area contributed by atoms with Crippen LogP contribution in [0.25, 0.3) is 0 Å². The number of azo groups is 1. The van der Waals surface area contributed by atoms with Crippen LogP contribution in [-0.4, -0.2) is 26.6 Å². The third kappa shape index (κ3) is 3.43. The number of carbonyl (C=O) groups is 2. The van der Waals surface area contributed by atoms with Gasteiger partial charge in [-0.25, -0.2) is 0 Å². The molecule has 0 saturated heterocycles. The molecule has 0 spiro atoms. The Morgan fingerprint density at radius 2 is 1.59 bits per heavy atom. The minimum absolute atomic E-state index is 0.203. The van der Waals surface area contributed by atoms with Crippen molar-refractivity contribution in [3.63, 3.8) is 0 Å². The number of nitro benzene ring substituents is 2. The zero-order chi connectivity index (χ0) is 19.7. The second-order valence-electron chi connectivity index (χ2n) is 6.35. The Bertz CT molecular complexity index is 889. The van der Waals surface area contributed by atoms with Crippen LogP contribution in [0.2, 0.25) is 0 Å². The molecule has 2 unspecified atom stereocenters. The summed E-state index contributed by atoms with van der Waals surface area (Å²) in [4.78, 5) is 44.5. The number of hydrogen-bond acceptors (Lipinski definition) is 8. The zero-order valence-corrected chi connectivity index (χ0v) is 13.9. The number of nitro groups is 2. The van der Waals surface area contributed by atoms with E-state index >= 15 is 0 Å². The summed E-state index contributed by atoms with van der Waals surface area (Å²) >= 11 is 0. The fourth-order valence-corrected chi connectivity index (χ4v) is 3.43. The first-order chi connectivity index (χ1) is 12.8. The minimum atomic E-state index is -1.09. The molecule has 2 aliphatic rings. The van der Waals surface area contributed by atoms with Crippen LogP contribution >= 0.6 is 0 Å². The number of carbonyl (C=O) groups excluding carboxylic acids is 2. The molecule has 1 N–H and O–H groups in total. The summed E-state index contributed by atoms with van der Waals surface area (Å²) in [7, 11) is 0. The summed E-state index contributed by atoms with van der Waals surface area (Å²) < 4.78 is 0. The van der Waals surface area contributed by atoms with E-state index in [1.54, 1.807) is 0 Å². The number of nitrogens with zero attached hydrogens (tertiary/aromatic N) is 4. The van der Waals surface area contributed by atoms with Crippen LogP contribution in [0.5, 0.6) is 0 Å². The Morgan fingerprint density at radius 3 is 2.11 bits per heavy atom. The van der Waals surface area contributed by atoms with Gasteiger partial charge in [0.15, 0.2) is 11.5 Å². The molecule has 0 aromatic heterocycles. The predicted octanol–water partition coefficient (Wildman–Crippen LogP) is 3.25. The Morgan fingerprint density at radius 1 is 1.04 bits per heavy atom. The van der Waals surface area contributed by atoms with Gasteiger partial charge < -0.3 is 5.11 Å². The maximum atomic E-state index is 12.3. The van der Waals surface area contributed by atoms with E-state index in [4.69, 9.17) is 0 Å². The normalized spacial score (nSPS) is 22.1. The average Bonchev–Trinajstić information content (AvgIpc) is 2.90. The van der Waals surface area contributed by atoms with Gasteiger partial charge in [-0.05, 0) is 12.8 Å². The second-order valence-corrected chi connectivity index (χ2v) is 6.35. The number of aliphatic hydroxyl groups is 1. The first-order valence-corrected chi connectivity index (χ1v) is 8.17. The van der Waals surface area contributed by atoms with Crippen molar-refractivity contribution in [3.8, 4) is 0 Å². The van der Waals surface area contributed by atoms with Gasteiger partial charge in [-0.2, -0.15) is 0 Å². The van der Waals surface area contributed by atoms with E-state index in [0.717, 1.165) is 25.0 Å². The number of benzene rings is 1. The highest BCUT2D eigenvalue weighted by molar-refractivity contribution is 6.01. The number of rotatable bonds is 4. The summed E-state index contributed by atoms with van der Waals surface area (Å²) in [5.41, 5.74) is -2.00. The fraction of sp³-hybridized carbons (Fsp3) is 0.375. The van der Waals surface area contributed by atoms with Crippen LogP contribution in [0, 0.1) is 32.1 Å². The molecular weight excluding hydrogens is 360 g/mol. The molecule has 1 fully saturated rings. The lowest BCUT2D eigenvalue weighted by Gasteiger charge is -2.23. The van der Waals surface area contributed by atoms with Crippen LogP contribution in [0.4, 0.5) is 11.4 Å². The van der Waals surface area contributed by atoms with E-state index in [1.807, 2.05) is 0 Å². The minimum Gasteiger partial charge on any atom is -0.510 e. The highest BCUT2D eigenvalue weighted by atomic mass is 16.6. The third-order valence-electron chi connectivity index (χ3n) is 4.74. The first-order valence-electron chi connectivity index (χ1n) is 8.17. The molecule has 0 aliphatic heterocycles. The number of non-ortho nitro benzene ring substituents is 2. The fourth-order valence-electron chi connectivity index (χ4n) is 3.43. The smallest absolute Gasteiger partial charge is 0.295 e. The van der Waals surface area contributed by atoms with Crippen molar-refractivity contribution >= 4 is 23.1 Å². The zero-order valence-electron chi connectivity index (χ0n) is 13.9. The van der Waals surface area contributed by atoms with Crippen molar-refractivity contribution in [2.75, 3.05) is 0 Å². The van der Waals surface area contributed by atoms with Crippen LogP contribution in [0.15, 0.2) is 39.9 Å². The number of allylic oxidation sites excluding steroid dienone is 2. The van der Waals surface area contributed by atoms with Crippen molar-refractivity contribution in [1.29, 1.82) is 0 Å². The Hall–Kier alpha value is -3.50. The second kappa shape index (κ2) is 7.02. The number of aliphatic hydroxyl groups excluding tert-OH is 1. The molecule has 1 amide bonds. The molecule has 11 nitrogen and oxygen atoms in total. The lowest BCUT2D eigenvalue weighted by atomic mass is 9.80. The predicted molar refractivity (Wildman–Crippen MR) is 89.0 cm³/mol. The Kier molecular flexibility index (Phi) is 4.75. The largest absolute Gasteiger partial charge is 0.510 e. The number of amides is 1. The summed E-state index contributed by atoms with van der Waals surface area (Å²) in [5.74, 6) is -2.38. The van der Waals surface area contributed by atoms with Crippen LogP contribution in [0.3, 0.4) is 0 Å². The van der Waals surface area contributed by atoms with Crippen molar-refractivity contribution < 1.29 is 24.5 Å². The van der Waals surface area contributed by atoms with Gasteiger partial charge in [0.2, 0.25) is 0 Å². The molecule has 140 valence electrons. The Labute approximate surface area is 151 Å². The van der Waals surface area contributed by atoms with Gasteiger partial charge >= 0.3 is 0 Å². The lowest BCUT2D eigenvalue weighted by molar-refractivity contribution is -0.394. The number of hydrogen-bond donors (Lipinski definition) is 1. The van der Waals surface area contributed by atoms with Crippen molar-refractivity contribution in [1.82, 2.24) is 0 Å². The number of Topliss-reactive ketones (excluding diaryl/α,β-unsaturated/α-hetero) is 1.